The second kappa shape index (κ2) is 11.2. The van der Waals surface area contributed by atoms with E-state index >= 15 is 0 Å². The van der Waals surface area contributed by atoms with E-state index in [0.29, 0.717) is 35.4 Å². The van der Waals surface area contributed by atoms with Gasteiger partial charge in [0.25, 0.3) is 11.1 Å². The van der Waals surface area contributed by atoms with Gasteiger partial charge in [0.2, 0.25) is 0 Å². The van der Waals surface area contributed by atoms with Gasteiger partial charge in [0.05, 0.1) is 12.7 Å². The molecule has 4 heterocycles. The van der Waals surface area contributed by atoms with Gasteiger partial charge < -0.3 is 20.6 Å². The molecule has 4 N–H and O–H groups in total. The second-order valence-electron chi connectivity index (χ2n) is 7.04. The SMILES string of the molecule is Cn1c(=O)c2ncn(C)c2n(C)c1=O.Cn1c(=O)c2ncn(C)c2n(C)c1=O.NCCN.[Pt+4]. The molecule has 0 amide bonds. The van der Waals surface area contributed by atoms with Crippen LogP contribution in [-0.2, 0) is 63.4 Å². The smallest absolute Gasteiger partial charge is 0.329 e. The quantitative estimate of drug-likeness (QED) is 0.219. The predicted octanol–water partition coefficient (Wildman–Crippen LogP) is -3.16. The van der Waals surface area contributed by atoms with E-state index in [-0.39, 0.29) is 43.6 Å². The Morgan fingerprint density at radius 2 is 0.939 bits per heavy atom. The molecule has 0 aliphatic carbocycles. The summed E-state index contributed by atoms with van der Waals surface area (Å²) >= 11 is 0. The maximum Gasteiger partial charge on any atom is 4.00 e. The molecule has 0 aromatic carbocycles. The van der Waals surface area contributed by atoms with Crippen LogP contribution in [0.1, 0.15) is 0 Å². The third-order valence-electron chi connectivity index (χ3n) is 4.78. The second-order valence-corrected chi connectivity index (χ2v) is 7.04. The minimum atomic E-state index is -0.358. The van der Waals surface area contributed by atoms with Gasteiger partial charge in [0.15, 0.2) is 11.0 Å². The zero-order valence-electron chi connectivity index (χ0n) is 19.3. The maximum absolute atomic E-state index is 11.6. The first kappa shape index (κ1) is 27.9. The summed E-state index contributed by atoms with van der Waals surface area (Å²) in [6.07, 6.45) is 3.04. The van der Waals surface area contributed by atoms with E-state index in [2.05, 4.69) is 9.97 Å². The van der Waals surface area contributed by atoms with Gasteiger partial charge in [0, 0.05) is 55.4 Å². The van der Waals surface area contributed by atoms with Crippen molar-refractivity contribution >= 4 is 22.3 Å². The third-order valence-corrected chi connectivity index (χ3v) is 4.78. The minimum Gasteiger partial charge on any atom is -0.329 e. The minimum absolute atomic E-state index is 0. The van der Waals surface area contributed by atoms with Crippen molar-refractivity contribution in [1.29, 1.82) is 0 Å². The van der Waals surface area contributed by atoms with Crippen molar-refractivity contribution in [3.8, 4) is 0 Å². The van der Waals surface area contributed by atoms with Crippen LogP contribution in [0.3, 0.4) is 0 Å². The van der Waals surface area contributed by atoms with Crippen LogP contribution in [0, 0.1) is 0 Å². The van der Waals surface area contributed by atoms with E-state index in [4.69, 9.17) is 11.5 Å². The molecule has 0 spiro atoms. The number of rotatable bonds is 1. The molecule has 0 aliphatic rings. The van der Waals surface area contributed by atoms with Crippen LogP contribution in [0.5, 0.6) is 0 Å². The average Bonchev–Trinajstić information content (AvgIpc) is 3.36. The van der Waals surface area contributed by atoms with E-state index in [1.807, 2.05) is 0 Å². The largest absolute Gasteiger partial charge is 4.00 e. The molecule has 0 saturated carbocycles. The zero-order chi connectivity index (χ0) is 24.3. The number of imidazole rings is 2. The van der Waals surface area contributed by atoms with E-state index in [1.54, 1.807) is 37.3 Å². The summed E-state index contributed by atoms with van der Waals surface area (Å²) in [4.78, 5) is 54.2. The number of nitrogens with two attached hydrogens (primary N) is 2. The van der Waals surface area contributed by atoms with Crippen molar-refractivity contribution in [3.63, 3.8) is 0 Å². The van der Waals surface area contributed by atoms with E-state index < -0.39 is 0 Å². The summed E-state index contributed by atoms with van der Waals surface area (Å²) in [7, 11) is 9.61. The van der Waals surface area contributed by atoms with Crippen LogP contribution < -0.4 is 34.0 Å². The first-order valence-electron chi connectivity index (χ1n) is 9.53. The van der Waals surface area contributed by atoms with Crippen LogP contribution in [-0.4, -0.2) is 50.5 Å². The molecule has 4 aromatic rings. The Morgan fingerprint density at radius 1 is 0.636 bits per heavy atom. The third kappa shape index (κ3) is 5.12. The molecule has 14 nitrogen and oxygen atoms in total. The number of hydrogen-bond acceptors (Lipinski definition) is 8. The molecule has 15 heteroatoms. The van der Waals surface area contributed by atoms with E-state index in [9.17, 15) is 19.2 Å². The molecule has 0 saturated heterocycles. The van der Waals surface area contributed by atoms with Crippen molar-refractivity contribution in [3.05, 3.63) is 54.3 Å². The van der Waals surface area contributed by atoms with Gasteiger partial charge in [-0.25, -0.2) is 19.6 Å². The Bertz CT molecular complexity index is 1390. The fourth-order valence-electron chi connectivity index (χ4n) is 3.06. The Balaban J connectivity index is 0.000000278. The van der Waals surface area contributed by atoms with E-state index in [0.717, 1.165) is 9.13 Å². The Morgan fingerprint density at radius 3 is 1.21 bits per heavy atom. The average molecular weight is 644 g/mol. The van der Waals surface area contributed by atoms with Crippen molar-refractivity contribution in [2.45, 2.75) is 0 Å². The zero-order valence-corrected chi connectivity index (χ0v) is 21.5. The van der Waals surface area contributed by atoms with Gasteiger partial charge in [-0.2, -0.15) is 0 Å². The Kier molecular flexibility index (Phi) is 9.45. The number of aromatic nitrogens is 8. The summed E-state index contributed by atoms with van der Waals surface area (Å²) in [5.41, 5.74) is 10.1. The van der Waals surface area contributed by atoms with Gasteiger partial charge in [0.1, 0.15) is 11.3 Å². The fraction of sp³-hybridized carbons (Fsp3) is 0.444. The van der Waals surface area contributed by atoms with Gasteiger partial charge >= 0.3 is 32.4 Å². The summed E-state index contributed by atoms with van der Waals surface area (Å²) in [5, 5.41) is 0. The van der Waals surface area contributed by atoms with Gasteiger partial charge in [-0.3, -0.25) is 27.9 Å². The van der Waals surface area contributed by atoms with Crippen molar-refractivity contribution in [2.75, 3.05) is 13.1 Å². The van der Waals surface area contributed by atoms with Crippen LogP contribution in [0.15, 0.2) is 31.8 Å². The first-order chi connectivity index (χ1) is 15.0. The molecule has 0 atom stereocenters. The predicted molar refractivity (Wildman–Crippen MR) is 121 cm³/mol. The number of fused-ring (bicyclic) bond motifs is 2. The molecule has 0 unspecified atom stereocenters. The molecule has 0 bridgehead atoms. The normalized spacial score (nSPS) is 10.3. The number of hydrogen-bond donors (Lipinski definition) is 2. The van der Waals surface area contributed by atoms with Gasteiger partial charge in [-0.05, 0) is 0 Å². The molecule has 33 heavy (non-hydrogen) atoms. The molecular weight excluding hydrogens is 615 g/mol. The van der Waals surface area contributed by atoms with Crippen LogP contribution in [0.4, 0.5) is 0 Å². The number of aryl methyl sites for hydroxylation is 4. The van der Waals surface area contributed by atoms with Crippen LogP contribution in [0.2, 0.25) is 0 Å². The Labute approximate surface area is 201 Å². The van der Waals surface area contributed by atoms with E-state index in [1.165, 1.54) is 35.9 Å². The molecule has 180 valence electrons. The van der Waals surface area contributed by atoms with Crippen molar-refractivity contribution in [2.24, 2.45) is 53.8 Å². The molecule has 0 radical (unpaired) electrons. The fourth-order valence-corrected chi connectivity index (χ4v) is 3.06. The van der Waals surface area contributed by atoms with Crippen LogP contribution >= 0.6 is 0 Å². The molecule has 4 rings (SSSR count). The Hall–Kier alpha value is -3.09. The summed E-state index contributed by atoms with van der Waals surface area (Å²) in [6.45, 7) is 1.19. The summed E-state index contributed by atoms with van der Waals surface area (Å²) in [5.74, 6) is 0. The molecule has 4 aromatic heterocycles. The first-order valence-corrected chi connectivity index (χ1v) is 9.53. The maximum atomic E-state index is 11.6. The standard InChI is InChI=1S/2C8H10N4O2.C2H8N2.Pt/c2*1-10-4-9-5-6(10)11(2)8(14)12(3)7(5)13;3-1-2-4;/h2*4H,1-3H3;1-4H2;/q;;;+4. The van der Waals surface area contributed by atoms with Crippen molar-refractivity contribution < 1.29 is 21.1 Å². The summed E-state index contributed by atoms with van der Waals surface area (Å²) < 4.78 is 8.22. The van der Waals surface area contributed by atoms with Crippen LogP contribution in [0.25, 0.3) is 22.3 Å². The topological polar surface area (TPSA) is 176 Å². The summed E-state index contributed by atoms with van der Waals surface area (Å²) in [6, 6.07) is 0. The molecule has 0 aliphatic heterocycles. The van der Waals surface area contributed by atoms with Gasteiger partial charge in [-0.15, -0.1) is 0 Å². The number of nitrogens with zero attached hydrogens (tertiary/aromatic N) is 8. The molecular formula is C18H28N10O4Pt+4. The van der Waals surface area contributed by atoms with Crippen molar-refractivity contribution in [1.82, 2.24) is 37.4 Å². The monoisotopic (exact) mass is 643 g/mol. The van der Waals surface area contributed by atoms with Gasteiger partial charge in [-0.1, -0.05) is 0 Å². The molecule has 0 fully saturated rings.